The van der Waals surface area contributed by atoms with Crippen LogP contribution in [0.2, 0.25) is 0 Å². The molecule has 0 aliphatic carbocycles. The molecule has 5 aromatic rings. The zero-order chi connectivity index (χ0) is 29.5. The fourth-order valence-corrected chi connectivity index (χ4v) is 5.38. The van der Waals surface area contributed by atoms with Crippen molar-refractivity contribution in [1.82, 2.24) is 4.98 Å². The first kappa shape index (κ1) is 28.2. The highest BCUT2D eigenvalue weighted by Crippen LogP contribution is 2.40. The highest BCUT2D eigenvalue weighted by molar-refractivity contribution is 7.19. The number of benzene rings is 4. The van der Waals surface area contributed by atoms with Crippen LogP contribution in [0, 0.1) is 10.1 Å². The molecule has 0 unspecified atom stereocenters. The third kappa shape index (κ3) is 6.51. The SMILES string of the molecule is COc1ccc(-c2nc(NC/N=C(\Cc3ccccc3[N+](=O)[O-])C(=O)O)sc2-c2ccc(-c3ccccc3)cc2)cc1. The fraction of sp³-hybridized carbons (Fsp3) is 0.0938. The molecule has 42 heavy (non-hydrogen) atoms. The number of rotatable bonds is 11. The molecule has 0 radical (unpaired) electrons. The van der Waals surface area contributed by atoms with Crippen LogP contribution in [0.15, 0.2) is 108 Å². The Morgan fingerprint density at radius 1 is 0.905 bits per heavy atom. The van der Waals surface area contributed by atoms with E-state index in [1.165, 1.54) is 29.5 Å². The molecule has 10 heteroatoms. The number of para-hydroxylation sites is 1. The Kier molecular flexibility index (Phi) is 8.64. The molecule has 0 amide bonds. The minimum atomic E-state index is -1.24. The maximum Gasteiger partial charge on any atom is 0.350 e. The van der Waals surface area contributed by atoms with Crippen molar-refractivity contribution in [2.45, 2.75) is 6.42 Å². The average molecular weight is 579 g/mol. The number of hydrogen-bond donors (Lipinski definition) is 2. The lowest BCUT2D eigenvalue weighted by molar-refractivity contribution is -0.385. The van der Waals surface area contributed by atoms with E-state index in [0.717, 1.165) is 38.6 Å². The van der Waals surface area contributed by atoms with E-state index in [2.05, 4.69) is 46.7 Å². The van der Waals surface area contributed by atoms with Crippen LogP contribution in [0.1, 0.15) is 5.56 Å². The van der Waals surface area contributed by atoms with Gasteiger partial charge in [-0.3, -0.25) is 15.1 Å². The van der Waals surface area contributed by atoms with E-state index in [9.17, 15) is 20.0 Å². The van der Waals surface area contributed by atoms with E-state index < -0.39 is 10.9 Å². The molecule has 1 heterocycles. The molecule has 0 aliphatic rings. The van der Waals surface area contributed by atoms with Crippen molar-refractivity contribution in [3.63, 3.8) is 0 Å². The van der Waals surface area contributed by atoms with E-state index in [4.69, 9.17) is 9.72 Å². The number of nitrogens with zero attached hydrogens (tertiary/aromatic N) is 3. The van der Waals surface area contributed by atoms with Crippen LogP contribution in [-0.2, 0) is 11.2 Å². The summed E-state index contributed by atoms with van der Waals surface area (Å²) in [4.78, 5) is 32.7. The summed E-state index contributed by atoms with van der Waals surface area (Å²) in [5, 5.41) is 24.7. The summed E-state index contributed by atoms with van der Waals surface area (Å²) in [7, 11) is 1.61. The second-order valence-electron chi connectivity index (χ2n) is 9.18. The van der Waals surface area contributed by atoms with E-state index in [1.807, 2.05) is 42.5 Å². The van der Waals surface area contributed by atoms with E-state index >= 15 is 0 Å². The molecule has 0 bridgehead atoms. The molecular weight excluding hydrogens is 552 g/mol. The highest BCUT2D eigenvalue weighted by atomic mass is 32.1. The van der Waals surface area contributed by atoms with Crippen molar-refractivity contribution in [3.05, 3.63) is 119 Å². The first-order valence-electron chi connectivity index (χ1n) is 13.0. The minimum Gasteiger partial charge on any atom is -0.497 e. The van der Waals surface area contributed by atoms with Crippen LogP contribution in [-0.4, -0.2) is 40.5 Å². The summed E-state index contributed by atoms with van der Waals surface area (Å²) >= 11 is 1.43. The van der Waals surface area contributed by atoms with Crippen LogP contribution >= 0.6 is 11.3 Å². The lowest BCUT2D eigenvalue weighted by Crippen LogP contribution is -2.18. The largest absolute Gasteiger partial charge is 0.497 e. The molecule has 2 N–H and O–H groups in total. The van der Waals surface area contributed by atoms with Crippen molar-refractivity contribution in [1.29, 1.82) is 0 Å². The van der Waals surface area contributed by atoms with Crippen molar-refractivity contribution < 1.29 is 19.6 Å². The number of nitro benzene ring substituents is 1. The number of aliphatic carboxylic acids is 1. The van der Waals surface area contributed by atoms with Gasteiger partial charge in [0.2, 0.25) is 0 Å². The molecule has 210 valence electrons. The number of carbonyl (C=O) groups is 1. The second kappa shape index (κ2) is 12.9. The number of hydrogen-bond acceptors (Lipinski definition) is 8. The van der Waals surface area contributed by atoms with Crippen LogP contribution in [0.5, 0.6) is 5.75 Å². The van der Waals surface area contributed by atoms with Gasteiger partial charge in [-0.1, -0.05) is 84.1 Å². The monoisotopic (exact) mass is 578 g/mol. The first-order valence-corrected chi connectivity index (χ1v) is 13.8. The van der Waals surface area contributed by atoms with Gasteiger partial charge in [0, 0.05) is 23.6 Å². The highest BCUT2D eigenvalue weighted by Gasteiger charge is 2.19. The third-order valence-corrected chi connectivity index (χ3v) is 7.60. The quantitative estimate of drug-likeness (QED) is 0.0964. The predicted octanol–water partition coefficient (Wildman–Crippen LogP) is 7.20. The average Bonchev–Trinajstić information content (AvgIpc) is 3.45. The van der Waals surface area contributed by atoms with E-state index in [0.29, 0.717) is 5.13 Å². The summed E-state index contributed by atoms with van der Waals surface area (Å²) in [6, 6.07) is 32.0. The predicted molar refractivity (Wildman–Crippen MR) is 165 cm³/mol. The molecule has 0 atom stereocenters. The van der Waals surface area contributed by atoms with Gasteiger partial charge in [-0.15, -0.1) is 0 Å². The van der Waals surface area contributed by atoms with Gasteiger partial charge in [0.05, 0.1) is 22.6 Å². The molecular formula is C32H26N4O5S. The van der Waals surface area contributed by atoms with Crippen LogP contribution in [0.25, 0.3) is 32.8 Å². The Hall–Kier alpha value is -5.35. The van der Waals surface area contributed by atoms with Crippen LogP contribution in [0.3, 0.4) is 0 Å². The summed E-state index contributed by atoms with van der Waals surface area (Å²) in [6.45, 7) is -0.0653. The number of carboxylic acids is 1. The Morgan fingerprint density at radius 3 is 2.19 bits per heavy atom. The molecule has 0 spiro atoms. The number of carboxylic acid groups (broad SMARTS) is 1. The van der Waals surface area contributed by atoms with E-state index in [-0.39, 0.29) is 30.1 Å². The van der Waals surface area contributed by atoms with Crippen molar-refractivity contribution in [2.24, 2.45) is 4.99 Å². The lowest BCUT2D eigenvalue weighted by atomic mass is 10.0. The zero-order valence-electron chi connectivity index (χ0n) is 22.6. The van der Waals surface area contributed by atoms with Gasteiger partial charge in [0.15, 0.2) is 5.13 Å². The van der Waals surface area contributed by atoms with Crippen LogP contribution in [0.4, 0.5) is 10.8 Å². The lowest BCUT2D eigenvalue weighted by Gasteiger charge is -2.06. The number of aromatic nitrogens is 1. The van der Waals surface area contributed by atoms with Gasteiger partial charge in [-0.05, 0) is 41.0 Å². The van der Waals surface area contributed by atoms with Gasteiger partial charge in [-0.25, -0.2) is 9.78 Å². The van der Waals surface area contributed by atoms with Gasteiger partial charge in [-0.2, -0.15) is 0 Å². The van der Waals surface area contributed by atoms with Gasteiger partial charge in [0.25, 0.3) is 5.69 Å². The minimum absolute atomic E-state index is 0.0653. The number of ether oxygens (including phenoxy) is 1. The fourth-order valence-electron chi connectivity index (χ4n) is 4.40. The summed E-state index contributed by atoms with van der Waals surface area (Å²) in [5.74, 6) is -0.512. The number of nitrogens with one attached hydrogen (secondary N) is 1. The number of methoxy groups -OCH3 is 1. The maximum atomic E-state index is 11.9. The summed E-state index contributed by atoms with van der Waals surface area (Å²) in [6.07, 6.45) is -0.178. The number of thiazole rings is 1. The van der Waals surface area contributed by atoms with Crippen molar-refractivity contribution in [3.8, 4) is 38.6 Å². The van der Waals surface area contributed by atoms with Crippen molar-refractivity contribution in [2.75, 3.05) is 19.1 Å². The smallest absolute Gasteiger partial charge is 0.350 e. The second-order valence-corrected chi connectivity index (χ2v) is 10.2. The zero-order valence-corrected chi connectivity index (χ0v) is 23.4. The Bertz CT molecular complexity index is 1730. The Labute approximate surface area is 246 Å². The number of aliphatic imine (C=N–C) groups is 1. The van der Waals surface area contributed by atoms with E-state index in [1.54, 1.807) is 13.2 Å². The molecule has 4 aromatic carbocycles. The molecule has 0 saturated carbocycles. The molecule has 0 fully saturated rings. The van der Waals surface area contributed by atoms with Gasteiger partial charge in [0.1, 0.15) is 18.1 Å². The molecule has 9 nitrogen and oxygen atoms in total. The summed E-state index contributed by atoms with van der Waals surface area (Å²) in [5.41, 5.74) is 4.81. The molecule has 5 rings (SSSR count). The standard InChI is InChI=1S/C32H26N4O5S/c1-41-26-17-15-23(16-18-26)29-30(24-13-11-22(12-14-24)21-7-3-2-4-8-21)42-32(35-29)34-20-33-27(31(37)38)19-25-9-5-6-10-28(25)36(39)40/h2-18H,19-20H2,1H3,(H,34,35)(H,37,38)/b33-27+. The Morgan fingerprint density at radius 2 is 1.52 bits per heavy atom. The number of nitro groups is 1. The number of anilines is 1. The molecule has 1 aromatic heterocycles. The Balaban J connectivity index is 1.42. The van der Waals surface area contributed by atoms with Gasteiger partial charge < -0.3 is 15.2 Å². The van der Waals surface area contributed by atoms with Gasteiger partial charge >= 0.3 is 5.97 Å². The van der Waals surface area contributed by atoms with Crippen LogP contribution < -0.4 is 10.1 Å². The maximum absolute atomic E-state index is 11.9. The van der Waals surface area contributed by atoms with Crippen molar-refractivity contribution >= 4 is 33.8 Å². The third-order valence-electron chi connectivity index (χ3n) is 6.54. The first-order chi connectivity index (χ1) is 20.4. The topological polar surface area (TPSA) is 127 Å². The normalized spacial score (nSPS) is 11.2. The summed E-state index contributed by atoms with van der Waals surface area (Å²) < 4.78 is 5.31. The molecule has 0 aliphatic heterocycles. The molecule has 0 saturated heterocycles.